The van der Waals surface area contributed by atoms with Gasteiger partial charge in [-0.25, -0.2) is 0 Å². The van der Waals surface area contributed by atoms with Crippen LogP contribution in [0, 0.1) is 0 Å². The fraction of sp³-hybridized carbons (Fsp3) is 0.273. The van der Waals surface area contributed by atoms with Crippen molar-refractivity contribution in [1.82, 2.24) is 9.80 Å². The van der Waals surface area contributed by atoms with Gasteiger partial charge in [-0.3, -0.25) is 9.59 Å². The first-order valence-electron chi connectivity index (χ1n) is 9.24. The SMILES string of the molecule is C=CCOc1ccc(/C(O)=C2/C(=O)C(=O)N(CCN(C)C)C2c2cccs2)cc1. The number of aliphatic hydroxyl groups excluding tert-OH is 1. The standard InChI is InChI=1S/C22H24N2O4S/c1-4-13-28-16-9-7-15(8-10-16)20(25)18-19(17-6-5-14-29-17)24(12-11-23(2)3)22(27)21(18)26/h4-10,14,19,25H,1,11-13H2,2-3H3/b20-18-. The molecule has 1 aliphatic rings. The molecule has 0 saturated carbocycles. The van der Waals surface area contributed by atoms with E-state index >= 15 is 0 Å². The Morgan fingerprint density at radius 2 is 2.00 bits per heavy atom. The van der Waals surface area contributed by atoms with Gasteiger partial charge in [-0.05, 0) is 49.8 Å². The average Bonchev–Trinajstić information content (AvgIpc) is 3.32. The number of hydrogen-bond acceptors (Lipinski definition) is 6. The van der Waals surface area contributed by atoms with Crippen molar-refractivity contribution >= 4 is 28.8 Å². The summed E-state index contributed by atoms with van der Waals surface area (Å²) in [7, 11) is 3.82. The van der Waals surface area contributed by atoms with Gasteiger partial charge in [-0.1, -0.05) is 18.7 Å². The molecule has 1 aliphatic heterocycles. The molecule has 1 amide bonds. The van der Waals surface area contributed by atoms with Gasteiger partial charge >= 0.3 is 0 Å². The van der Waals surface area contributed by atoms with Gasteiger partial charge in [0, 0.05) is 23.5 Å². The Morgan fingerprint density at radius 3 is 2.59 bits per heavy atom. The second-order valence-corrected chi connectivity index (χ2v) is 7.91. The highest BCUT2D eigenvalue weighted by Gasteiger charge is 2.46. The van der Waals surface area contributed by atoms with Gasteiger partial charge < -0.3 is 19.6 Å². The number of thiophene rings is 1. The van der Waals surface area contributed by atoms with Crippen molar-refractivity contribution in [3.63, 3.8) is 0 Å². The molecule has 29 heavy (non-hydrogen) atoms. The number of rotatable bonds is 8. The molecular weight excluding hydrogens is 388 g/mol. The van der Waals surface area contributed by atoms with Crippen LogP contribution in [0.4, 0.5) is 0 Å². The van der Waals surface area contributed by atoms with Gasteiger partial charge in [0.15, 0.2) is 0 Å². The first-order chi connectivity index (χ1) is 13.9. The second kappa shape index (κ2) is 9.07. The highest BCUT2D eigenvalue weighted by molar-refractivity contribution is 7.10. The fourth-order valence-electron chi connectivity index (χ4n) is 3.18. The summed E-state index contributed by atoms with van der Waals surface area (Å²) < 4.78 is 5.46. The number of amides is 1. The average molecular weight is 413 g/mol. The van der Waals surface area contributed by atoms with E-state index in [-0.39, 0.29) is 11.3 Å². The lowest BCUT2D eigenvalue weighted by Gasteiger charge is -2.25. The predicted molar refractivity (Wildman–Crippen MR) is 114 cm³/mol. The zero-order valence-corrected chi connectivity index (χ0v) is 17.3. The van der Waals surface area contributed by atoms with E-state index in [0.29, 0.717) is 31.0 Å². The number of ether oxygens (including phenoxy) is 1. The molecule has 1 unspecified atom stereocenters. The summed E-state index contributed by atoms with van der Waals surface area (Å²) in [4.78, 5) is 29.9. The van der Waals surface area contributed by atoms with E-state index in [1.165, 1.54) is 11.3 Å². The minimum atomic E-state index is -0.661. The molecular formula is C22H24N2O4S. The summed E-state index contributed by atoms with van der Waals surface area (Å²) >= 11 is 1.46. The number of nitrogens with zero attached hydrogens (tertiary/aromatic N) is 2. The first kappa shape index (κ1) is 20.8. The maximum absolute atomic E-state index is 12.8. The van der Waals surface area contributed by atoms with Gasteiger partial charge in [0.05, 0.1) is 11.6 Å². The molecule has 1 N–H and O–H groups in total. The van der Waals surface area contributed by atoms with Gasteiger partial charge in [-0.2, -0.15) is 0 Å². The first-order valence-corrected chi connectivity index (χ1v) is 10.1. The van der Waals surface area contributed by atoms with Crippen LogP contribution in [-0.4, -0.2) is 60.4 Å². The summed E-state index contributed by atoms with van der Waals surface area (Å²) in [6.45, 7) is 4.99. The number of carbonyl (C=O) groups is 2. The van der Waals surface area contributed by atoms with Crippen LogP contribution in [0.1, 0.15) is 16.5 Å². The van der Waals surface area contributed by atoms with Crippen LogP contribution in [0.25, 0.3) is 5.76 Å². The third-order valence-corrected chi connectivity index (χ3v) is 5.56. The molecule has 1 atom stereocenters. The van der Waals surface area contributed by atoms with Crippen LogP contribution in [0.2, 0.25) is 0 Å². The van der Waals surface area contributed by atoms with Crippen molar-refractivity contribution in [3.05, 3.63) is 70.4 Å². The maximum Gasteiger partial charge on any atom is 0.295 e. The molecule has 1 saturated heterocycles. The summed E-state index contributed by atoms with van der Waals surface area (Å²) in [5.74, 6) is -0.795. The lowest BCUT2D eigenvalue weighted by molar-refractivity contribution is -0.140. The van der Waals surface area contributed by atoms with Gasteiger partial charge in [0.25, 0.3) is 11.7 Å². The van der Waals surface area contributed by atoms with Crippen LogP contribution >= 0.6 is 11.3 Å². The van der Waals surface area contributed by atoms with Crippen LogP contribution in [0.5, 0.6) is 5.75 Å². The molecule has 3 rings (SSSR count). The monoisotopic (exact) mass is 412 g/mol. The van der Waals surface area contributed by atoms with Crippen LogP contribution in [0.3, 0.4) is 0 Å². The number of ketones is 1. The van der Waals surface area contributed by atoms with Gasteiger partial charge in [0.1, 0.15) is 18.1 Å². The van der Waals surface area contributed by atoms with Crippen LogP contribution < -0.4 is 4.74 Å². The molecule has 1 aromatic heterocycles. The van der Waals surface area contributed by atoms with E-state index in [1.54, 1.807) is 35.2 Å². The van der Waals surface area contributed by atoms with Crippen molar-refractivity contribution in [2.75, 3.05) is 33.8 Å². The Morgan fingerprint density at radius 1 is 1.28 bits per heavy atom. The molecule has 0 bridgehead atoms. The third-order valence-electron chi connectivity index (χ3n) is 4.64. The van der Waals surface area contributed by atoms with Crippen molar-refractivity contribution in [2.24, 2.45) is 0 Å². The minimum absolute atomic E-state index is 0.121. The van der Waals surface area contributed by atoms with Crippen molar-refractivity contribution in [1.29, 1.82) is 0 Å². The Labute approximate surface area is 174 Å². The molecule has 1 aromatic carbocycles. The lowest BCUT2D eigenvalue weighted by Crippen LogP contribution is -2.35. The molecule has 2 aromatic rings. The second-order valence-electron chi connectivity index (χ2n) is 6.94. The molecule has 7 heteroatoms. The topological polar surface area (TPSA) is 70.1 Å². The number of aliphatic hydroxyl groups is 1. The third kappa shape index (κ3) is 4.41. The lowest BCUT2D eigenvalue weighted by atomic mass is 10.00. The minimum Gasteiger partial charge on any atom is -0.507 e. The van der Waals surface area contributed by atoms with E-state index in [9.17, 15) is 14.7 Å². The fourth-order valence-corrected chi connectivity index (χ4v) is 4.03. The molecule has 152 valence electrons. The Balaban J connectivity index is 2.00. The highest BCUT2D eigenvalue weighted by Crippen LogP contribution is 2.41. The Hall–Kier alpha value is -2.90. The molecule has 0 spiro atoms. The van der Waals surface area contributed by atoms with Crippen LogP contribution in [-0.2, 0) is 9.59 Å². The van der Waals surface area contributed by atoms with Crippen molar-refractivity contribution < 1.29 is 19.4 Å². The molecule has 2 heterocycles. The van der Waals surface area contributed by atoms with Crippen molar-refractivity contribution in [3.8, 4) is 5.75 Å². The number of carbonyl (C=O) groups excluding carboxylic acids is 2. The highest BCUT2D eigenvalue weighted by atomic mass is 32.1. The quantitative estimate of drug-likeness (QED) is 0.312. The van der Waals surface area contributed by atoms with Gasteiger partial charge in [-0.15, -0.1) is 11.3 Å². The number of hydrogen-bond donors (Lipinski definition) is 1. The van der Waals surface area contributed by atoms with Crippen LogP contribution in [0.15, 0.2) is 60.0 Å². The molecule has 1 fully saturated rings. The number of likely N-dealkylation sites (N-methyl/N-ethyl adjacent to an activating group) is 1. The summed E-state index contributed by atoms with van der Waals surface area (Å²) in [5.41, 5.74) is 0.582. The molecule has 0 aliphatic carbocycles. The molecule has 6 nitrogen and oxygen atoms in total. The largest absolute Gasteiger partial charge is 0.507 e. The van der Waals surface area contributed by atoms with E-state index in [4.69, 9.17) is 4.74 Å². The Bertz CT molecular complexity index is 917. The number of Topliss-reactive ketones (excluding diaryl/α,β-unsaturated/α-hetero) is 1. The smallest absolute Gasteiger partial charge is 0.295 e. The summed E-state index contributed by atoms with van der Waals surface area (Å²) in [5, 5.41) is 12.9. The maximum atomic E-state index is 12.8. The number of likely N-dealkylation sites (tertiary alicyclic amines) is 1. The van der Waals surface area contributed by atoms with E-state index in [0.717, 1.165) is 4.88 Å². The Kier molecular flexibility index (Phi) is 6.51. The zero-order chi connectivity index (χ0) is 21.0. The van der Waals surface area contributed by atoms with E-state index < -0.39 is 17.7 Å². The summed E-state index contributed by atoms with van der Waals surface area (Å²) in [6.07, 6.45) is 1.64. The van der Waals surface area contributed by atoms with Gasteiger partial charge in [0.2, 0.25) is 0 Å². The summed E-state index contributed by atoms with van der Waals surface area (Å²) in [6, 6.07) is 9.92. The van der Waals surface area contributed by atoms with Crippen molar-refractivity contribution in [2.45, 2.75) is 6.04 Å². The molecule has 0 radical (unpaired) electrons. The van der Waals surface area contributed by atoms with E-state index in [2.05, 4.69) is 6.58 Å². The van der Waals surface area contributed by atoms with E-state index in [1.807, 2.05) is 36.5 Å². The predicted octanol–water partition coefficient (Wildman–Crippen LogP) is 3.30. The zero-order valence-electron chi connectivity index (χ0n) is 16.5. The normalized spacial score (nSPS) is 18.4. The number of benzene rings is 1.